The Morgan fingerprint density at radius 3 is 2.36 bits per heavy atom. The molecule has 1 saturated heterocycles. The second-order valence-electron chi connectivity index (χ2n) is 7.73. The molecule has 1 fully saturated rings. The molecule has 2 N–H and O–H groups in total. The van der Waals surface area contributed by atoms with Crippen LogP contribution in [0.1, 0.15) is 32.8 Å². The predicted molar refractivity (Wildman–Crippen MR) is 115 cm³/mol. The average molecular weight is 382 g/mol. The first-order valence-electron chi connectivity index (χ1n) is 10.1. The van der Waals surface area contributed by atoms with Crippen molar-refractivity contribution in [2.75, 3.05) is 23.3 Å². The number of aryl methyl sites for hydroxylation is 1. The number of carbonyl (C=O) groups excluding carboxylic acids is 1. The van der Waals surface area contributed by atoms with Gasteiger partial charge in [0, 0.05) is 30.5 Å². The van der Waals surface area contributed by atoms with Crippen LogP contribution in [0.5, 0.6) is 0 Å². The molecule has 3 atom stereocenters. The molecule has 150 valence electrons. The normalized spacial score (nSPS) is 20.5. The molecule has 5 heteroatoms. The number of hydrogen-bond acceptors (Lipinski definition) is 3. The molecule has 0 aromatic heterocycles. The summed E-state index contributed by atoms with van der Waals surface area (Å²) in [6, 6.07) is 18.3. The molecular weight excluding hydrogens is 350 g/mol. The fourth-order valence-electron chi connectivity index (χ4n) is 3.64. The van der Waals surface area contributed by atoms with Crippen LogP contribution >= 0.6 is 0 Å². The molecular formula is C23H31N3O2. The van der Waals surface area contributed by atoms with Crippen LogP contribution < -0.4 is 15.5 Å². The maximum atomic E-state index is 12.3. The van der Waals surface area contributed by atoms with Gasteiger partial charge in [-0.25, -0.2) is 4.79 Å². The zero-order chi connectivity index (χ0) is 19.9. The average Bonchev–Trinajstić information content (AvgIpc) is 2.67. The molecule has 0 saturated carbocycles. The van der Waals surface area contributed by atoms with Crippen LogP contribution in [0.2, 0.25) is 0 Å². The largest absolute Gasteiger partial charge is 0.372 e. The molecule has 0 radical (unpaired) electrons. The number of urea groups is 1. The highest BCUT2D eigenvalue weighted by atomic mass is 16.5. The quantitative estimate of drug-likeness (QED) is 0.778. The SMILES string of the molecule is CC(CCc1ccccc1)NC(=O)Nc1ccc(N2CC(C)OC(C)C2)cc1. The second-order valence-corrected chi connectivity index (χ2v) is 7.73. The topological polar surface area (TPSA) is 53.6 Å². The molecule has 5 nitrogen and oxygen atoms in total. The first kappa shape index (κ1) is 20.2. The van der Waals surface area contributed by atoms with Gasteiger partial charge in [0.2, 0.25) is 0 Å². The maximum Gasteiger partial charge on any atom is 0.319 e. The van der Waals surface area contributed by atoms with E-state index in [9.17, 15) is 4.79 Å². The zero-order valence-electron chi connectivity index (χ0n) is 17.0. The Hall–Kier alpha value is -2.53. The lowest BCUT2D eigenvalue weighted by Crippen LogP contribution is -2.45. The van der Waals surface area contributed by atoms with Gasteiger partial charge >= 0.3 is 6.03 Å². The summed E-state index contributed by atoms with van der Waals surface area (Å²) in [5, 5.41) is 5.94. The highest BCUT2D eigenvalue weighted by Gasteiger charge is 2.22. The van der Waals surface area contributed by atoms with E-state index in [1.807, 2.05) is 37.3 Å². The lowest BCUT2D eigenvalue weighted by atomic mass is 10.1. The Morgan fingerprint density at radius 1 is 1.07 bits per heavy atom. The summed E-state index contributed by atoms with van der Waals surface area (Å²) in [6.07, 6.45) is 2.31. The van der Waals surface area contributed by atoms with Crippen molar-refractivity contribution in [2.45, 2.75) is 51.9 Å². The molecule has 0 aliphatic carbocycles. The van der Waals surface area contributed by atoms with Crippen molar-refractivity contribution >= 4 is 17.4 Å². The van der Waals surface area contributed by atoms with Gasteiger partial charge in [0.1, 0.15) is 0 Å². The Bertz CT molecular complexity index is 738. The number of morpholine rings is 1. The lowest BCUT2D eigenvalue weighted by molar-refractivity contribution is -0.00521. The molecule has 0 spiro atoms. The summed E-state index contributed by atoms with van der Waals surface area (Å²) in [5.74, 6) is 0. The summed E-state index contributed by atoms with van der Waals surface area (Å²) in [7, 11) is 0. The number of amides is 2. The van der Waals surface area contributed by atoms with E-state index in [1.54, 1.807) is 0 Å². The fourth-order valence-corrected chi connectivity index (χ4v) is 3.64. The van der Waals surface area contributed by atoms with Crippen LogP contribution in [0, 0.1) is 0 Å². The van der Waals surface area contributed by atoms with Crippen molar-refractivity contribution in [3.8, 4) is 0 Å². The molecule has 2 aromatic carbocycles. The molecule has 3 unspecified atom stereocenters. The van der Waals surface area contributed by atoms with Crippen molar-refractivity contribution in [2.24, 2.45) is 0 Å². The fraction of sp³-hybridized carbons (Fsp3) is 0.435. The van der Waals surface area contributed by atoms with Gasteiger partial charge in [-0.1, -0.05) is 30.3 Å². The summed E-state index contributed by atoms with van der Waals surface area (Å²) < 4.78 is 5.79. The third-order valence-electron chi connectivity index (χ3n) is 5.00. The summed E-state index contributed by atoms with van der Waals surface area (Å²) >= 11 is 0. The minimum Gasteiger partial charge on any atom is -0.372 e. The molecule has 2 aromatic rings. The number of ether oxygens (including phenoxy) is 1. The van der Waals surface area contributed by atoms with Gasteiger partial charge in [0.15, 0.2) is 0 Å². The number of nitrogens with one attached hydrogen (secondary N) is 2. The minimum absolute atomic E-state index is 0.107. The van der Waals surface area contributed by atoms with Gasteiger partial charge in [-0.2, -0.15) is 0 Å². The van der Waals surface area contributed by atoms with Crippen molar-refractivity contribution in [3.63, 3.8) is 0 Å². The third kappa shape index (κ3) is 5.99. The highest BCUT2D eigenvalue weighted by molar-refractivity contribution is 5.89. The molecule has 2 amide bonds. The number of rotatable bonds is 6. The van der Waals surface area contributed by atoms with E-state index in [-0.39, 0.29) is 24.3 Å². The maximum absolute atomic E-state index is 12.3. The highest BCUT2D eigenvalue weighted by Crippen LogP contribution is 2.22. The van der Waals surface area contributed by atoms with Crippen LogP contribution in [0.25, 0.3) is 0 Å². The smallest absolute Gasteiger partial charge is 0.319 e. The number of hydrogen-bond donors (Lipinski definition) is 2. The Kier molecular flexibility index (Phi) is 6.93. The second kappa shape index (κ2) is 9.60. The van der Waals surface area contributed by atoms with Gasteiger partial charge in [-0.15, -0.1) is 0 Å². The summed E-state index contributed by atoms with van der Waals surface area (Å²) in [6.45, 7) is 8.00. The Balaban J connectivity index is 1.46. The monoisotopic (exact) mass is 381 g/mol. The summed E-state index contributed by atoms with van der Waals surface area (Å²) in [4.78, 5) is 14.6. The van der Waals surface area contributed by atoms with E-state index in [4.69, 9.17) is 4.74 Å². The molecule has 1 aliphatic rings. The van der Waals surface area contributed by atoms with E-state index >= 15 is 0 Å². The molecule has 1 heterocycles. The lowest BCUT2D eigenvalue weighted by Gasteiger charge is -2.36. The van der Waals surface area contributed by atoms with Crippen molar-refractivity contribution in [1.29, 1.82) is 0 Å². The first-order valence-corrected chi connectivity index (χ1v) is 10.1. The van der Waals surface area contributed by atoms with Crippen molar-refractivity contribution < 1.29 is 9.53 Å². The molecule has 3 rings (SSSR count). The first-order chi connectivity index (χ1) is 13.5. The Morgan fingerprint density at radius 2 is 1.71 bits per heavy atom. The van der Waals surface area contributed by atoms with Crippen LogP contribution in [0.15, 0.2) is 54.6 Å². The van der Waals surface area contributed by atoms with Crippen molar-refractivity contribution in [1.82, 2.24) is 5.32 Å². The molecule has 28 heavy (non-hydrogen) atoms. The number of anilines is 2. The standard InChI is InChI=1S/C23H31N3O2/c1-17(9-10-20-7-5-4-6-8-20)24-23(27)25-21-11-13-22(14-12-21)26-15-18(2)28-19(3)16-26/h4-8,11-14,17-19H,9-10,15-16H2,1-3H3,(H2,24,25,27). The van der Waals surface area contributed by atoms with E-state index in [0.717, 1.165) is 37.3 Å². The van der Waals surface area contributed by atoms with E-state index in [0.29, 0.717) is 0 Å². The van der Waals surface area contributed by atoms with Crippen LogP contribution in [0.3, 0.4) is 0 Å². The zero-order valence-corrected chi connectivity index (χ0v) is 17.0. The van der Waals surface area contributed by atoms with Gasteiger partial charge in [-0.3, -0.25) is 0 Å². The van der Waals surface area contributed by atoms with E-state index in [1.165, 1.54) is 5.56 Å². The molecule has 1 aliphatic heterocycles. The van der Waals surface area contributed by atoms with Gasteiger partial charge in [0.25, 0.3) is 0 Å². The van der Waals surface area contributed by atoms with Crippen molar-refractivity contribution in [3.05, 3.63) is 60.2 Å². The predicted octanol–water partition coefficient (Wildman–Crippen LogP) is 4.44. The Labute approximate surface area is 168 Å². The molecule has 0 bridgehead atoms. The summed E-state index contributed by atoms with van der Waals surface area (Å²) in [5.41, 5.74) is 3.24. The van der Waals surface area contributed by atoms with Gasteiger partial charge < -0.3 is 20.3 Å². The van der Waals surface area contributed by atoms with Gasteiger partial charge in [-0.05, 0) is 63.4 Å². The van der Waals surface area contributed by atoms with Gasteiger partial charge in [0.05, 0.1) is 12.2 Å². The number of benzene rings is 2. The minimum atomic E-state index is -0.165. The van der Waals surface area contributed by atoms with Crippen LogP contribution in [0.4, 0.5) is 16.2 Å². The number of nitrogens with zero attached hydrogens (tertiary/aromatic N) is 1. The van der Waals surface area contributed by atoms with Crippen LogP contribution in [-0.4, -0.2) is 37.4 Å². The van der Waals surface area contributed by atoms with E-state index < -0.39 is 0 Å². The van der Waals surface area contributed by atoms with E-state index in [2.05, 4.69) is 53.6 Å². The third-order valence-corrected chi connectivity index (χ3v) is 5.00. The number of carbonyl (C=O) groups is 1. The van der Waals surface area contributed by atoms with Crippen LogP contribution in [-0.2, 0) is 11.2 Å².